The Bertz CT molecular complexity index is 450. The molecule has 0 radical (unpaired) electrons. The van der Waals surface area contributed by atoms with Crippen LogP contribution >= 0.6 is 11.6 Å². The Labute approximate surface area is 125 Å². The molecule has 0 aliphatic carbocycles. The number of hydrogen-bond donors (Lipinski definition) is 1. The summed E-state index contributed by atoms with van der Waals surface area (Å²) in [6, 6.07) is 7.48. The van der Waals surface area contributed by atoms with Crippen LogP contribution in [0.15, 0.2) is 24.3 Å². The van der Waals surface area contributed by atoms with Gasteiger partial charge >= 0.3 is 5.97 Å². The van der Waals surface area contributed by atoms with E-state index >= 15 is 0 Å². The molecule has 1 aromatic rings. The normalized spacial score (nSPS) is 22.5. The second-order valence-corrected chi connectivity index (χ2v) is 5.89. The van der Waals surface area contributed by atoms with E-state index in [9.17, 15) is 4.79 Å². The van der Waals surface area contributed by atoms with Crippen molar-refractivity contribution < 1.29 is 9.53 Å². The Kier molecular flexibility index (Phi) is 5.44. The highest BCUT2D eigenvalue weighted by atomic mass is 35.5. The lowest BCUT2D eigenvalue weighted by Gasteiger charge is -2.35. The van der Waals surface area contributed by atoms with Gasteiger partial charge in [-0.1, -0.05) is 43.1 Å². The van der Waals surface area contributed by atoms with Gasteiger partial charge in [0.2, 0.25) is 0 Å². The number of carbonyl (C=O) groups excluding carboxylic acids is 1. The van der Waals surface area contributed by atoms with E-state index in [1.54, 1.807) is 0 Å². The van der Waals surface area contributed by atoms with Crippen molar-refractivity contribution in [3.05, 3.63) is 34.9 Å². The fraction of sp³-hybridized carbons (Fsp3) is 0.562. The number of ether oxygens (including phenoxy) is 1. The van der Waals surface area contributed by atoms with E-state index in [0.29, 0.717) is 5.02 Å². The monoisotopic (exact) mass is 295 g/mol. The first-order valence-corrected chi connectivity index (χ1v) is 7.67. The highest BCUT2D eigenvalue weighted by Crippen LogP contribution is 2.33. The molecule has 2 rings (SSSR count). The Morgan fingerprint density at radius 3 is 2.90 bits per heavy atom. The largest absolute Gasteiger partial charge is 0.460 e. The molecule has 110 valence electrons. The zero-order valence-electron chi connectivity index (χ0n) is 12.0. The zero-order valence-corrected chi connectivity index (χ0v) is 12.7. The van der Waals surface area contributed by atoms with Crippen LogP contribution in [0.1, 0.15) is 38.2 Å². The summed E-state index contributed by atoms with van der Waals surface area (Å²) in [5.74, 6) is -0.0912. The lowest BCUT2D eigenvalue weighted by Crippen LogP contribution is -2.46. The number of nitrogens with one attached hydrogen (secondary N) is 1. The average Bonchev–Trinajstić information content (AvgIpc) is 2.47. The number of carbonyl (C=O) groups is 1. The van der Waals surface area contributed by atoms with Gasteiger partial charge in [-0.15, -0.1) is 0 Å². The fourth-order valence-electron chi connectivity index (χ4n) is 2.85. The summed E-state index contributed by atoms with van der Waals surface area (Å²) in [6.45, 7) is 4.08. The quantitative estimate of drug-likeness (QED) is 0.844. The number of benzene rings is 1. The molecule has 1 N–H and O–H groups in total. The van der Waals surface area contributed by atoms with Crippen molar-refractivity contribution in [3.63, 3.8) is 0 Å². The summed E-state index contributed by atoms with van der Waals surface area (Å²) < 4.78 is 5.54. The molecular weight excluding hydrogens is 274 g/mol. The number of rotatable bonds is 5. The number of halogens is 1. The standard InChI is InChI=1S/C16H22ClNO2/c1-2-8-16(9-5-10-18-12-16)15(19)20-11-13-6-3-4-7-14(13)17/h3-4,6-7,18H,2,5,8-12H2,1H3. The van der Waals surface area contributed by atoms with E-state index in [0.717, 1.165) is 44.3 Å². The Morgan fingerprint density at radius 1 is 1.45 bits per heavy atom. The lowest BCUT2D eigenvalue weighted by molar-refractivity contribution is -0.159. The van der Waals surface area contributed by atoms with Crippen molar-refractivity contribution in [2.45, 2.75) is 39.2 Å². The van der Waals surface area contributed by atoms with E-state index in [4.69, 9.17) is 16.3 Å². The Balaban J connectivity index is 2.00. The third kappa shape index (κ3) is 3.53. The van der Waals surface area contributed by atoms with Gasteiger partial charge in [-0.2, -0.15) is 0 Å². The second kappa shape index (κ2) is 7.09. The van der Waals surface area contributed by atoms with E-state index in [-0.39, 0.29) is 18.0 Å². The predicted molar refractivity (Wildman–Crippen MR) is 80.7 cm³/mol. The first kappa shape index (κ1) is 15.3. The smallest absolute Gasteiger partial charge is 0.313 e. The van der Waals surface area contributed by atoms with Gasteiger partial charge in [0.1, 0.15) is 6.61 Å². The molecule has 1 unspecified atom stereocenters. The van der Waals surface area contributed by atoms with Gasteiger partial charge in [0.15, 0.2) is 0 Å². The van der Waals surface area contributed by atoms with Gasteiger partial charge in [0.25, 0.3) is 0 Å². The zero-order chi connectivity index (χ0) is 14.4. The number of piperidine rings is 1. The van der Waals surface area contributed by atoms with Crippen molar-refractivity contribution >= 4 is 17.6 Å². The molecule has 1 atom stereocenters. The summed E-state index contributed by atoms with van der Waals surface area (Å²) in [4.78, 5) is 12.5. The summed E-state index contributed by atoms with van der Waals surface area (Å²) in [7, 11) is 0. The van der Waals surface area contributed by atoms with Crippen LogP contribution in [0, 0.1) is 5.41 Å². The Morgan fingerprint density at radius 2 is 2.25 bits per heavy atom. The molecule has 0 spiro atoms. The van der Waals surface area contributed by atoms with Crippen LogP contribution < -0.4 is 5.32 Å². The summed E-state index contributed by atoms with van der Waals surface area (Å²) in [5.41, 5.74) is 0.506. The van der Waals surface area contributed by atoms with Crippen molar-refractivity contribution in [1.29, 1.82) is 0 Å². The molecule has 0 aromatic heterocycles. The van der Waals surface area contributed by atoms with Gasteiger partial charge in [0.05, 0.1) is 5.41 Å². The first-order chi connectivity index (χ1) is 9.68. The summed E-state index contributed by atoms with van der Waals surface area (Å²) >= 11 is 6.09. The topological polar surface area (TPSA) is 38.3 Å². The van der Waals surface area contributed by atoms with Gasteiger partial charge in [-0.05, 0) is 31.9 Å². The molecule has 1 aromatic carbocycles. The molecule has 4 heteroatoms. The van der Waals surface area contributed by atoms with Gasteiger partial charge in [-0.25, -0.2) is 0 Å². The Hall–Kier alpha value is -1.06. The van der Waals surface area contributed by atoms with Crippen LogP contribution in [0.4, 0.5) is 0 Å². The van der Waals surface area contributed by atoms with Gasteiger partial charge in [-0.3, -0.25) is 4.79 Å². The second-order valence-electron chi connectivity index (χ2n) is 5.48. The van der Waals surface area contributed by atoms with Crippen LogP contribution in [0.2, 0.25) is 5.02 Å². The molecule has 0 saturated carbocycles. The molecule has 1 aliphatic rings. The highest BCUT2D eigenvalue weighted by molar-refractivity contribution is 6.31. The van der Waals surface area contributed by atoms with Crippen LogP contribution in [0.25, 0.3) is 0 Å². The maximum Gasteiger partial charge on any atom is 0.313 e. The summed E-state index contributed by atoms with van der Waals surface area (Å²) in [5, 5.41) is 3.97. The molecule has 0 bridgehead atoms. The van der Waals surface area contributed by atoms with Crippen LogP contribution in [0.5, 0.6) is 0 Å². The molecule has 1 aliphatic heterocycles. The molecular formula is C16H22ClNO2. The van der Waals surface area contributed by atoms with Gasteiger partial charge < -0.3 is 10.1 Å². The third-order valence-electron chi connectivity index (χ3n) is 3.95. The fourth-order valence-corrected chi connectivity index (χ4v) is 3.04. The molecule has 1 saturated heterocycles. The number of hydrogen-bond acceptors (Lipinski definition) is 3. The molecule has 1 heterocycles. The molecule has 1 fully saturated rings. The van der Waals surface area contributed by atoms with Gasteiger partial charge in [0, 0.05) is 17.1 Å². The maximum absolute atomic E-state index is 12.5. The average molecular weight is 296 g/mol. The minimum atomic E-state index is -0.353. The van der Waals surface area contributed by atoms with Crippen molar-refractivity contribution in [2.75, 3.05) is 13.1 Å². The SMILES string of the molecule is CCCC1(C(=O)OCc2ccccc2Cl)CCCNC1. The minimum absolute atomic E-state index is 0.0912. The predicted octanol–water partition coefficient (Wildman–Crippen LogP) is 3.55. The lowest BCUT2D eigenvalue weighted by atomic mass is 9.77. The van der Waals surface area contributed by atoms with Crippen LogP contribution in [-0.4, -0.2) is 19.1 Å². The van der Waals surface area contributed by atoms with Crippen molar-refractivity contribution in [1.82, 2.24) is 5.32 Å². The maximum atomic E-state index is 12.5. The highest BCUT2D eigenvalue weighted by Gasteiger charge is 2.40. The van der Waals surface area contributed by atoms with Crippen LogP contribution in [0.3, 0.4) is 0 Å². The van der Waals surface area contributed by atoms with E-state index < -0.39 is 0 Å². The first-order valence-electron chi connectivity index (χ1n) is 7.29. The third-order valence-corrected chi connectivity index (χ3v) is 4.32. The molecule has 3 nitrogen and oxygen atoms in total. The van der Waals surface area contributed by atoms with E-state index in [1.165, 1.54) is 0 Å². The molecule has 20 heavy (non-hydrogen) atoms. The molecule has 0 amide bonds. The van der Waals surface area contributed by atoms with E-state index in [1.807, 2.05) is 24.3 Å². The number of esters is 1. The summed E-state index contributed by atoms with van der Waals surface area (Å²) in [6.07, 6.45) is 3.81. The van der Waals surface area contributed by atoms with Crippen molar-refractivity contribution in [2.24, 2.45) is 5.41 Å². The minimum Gasteiger partial charge on any atom is -0.460 e. The van der Waals surface area contributed by atoms with E-state index in [2.05, 4.69) is 12.2 Å². The van der Waals surface area contributed by atoms with Crippen LogP contribution in [-0.2, 0) is 16.1 Å². The van der Waals surface area contributed by atoms with Crippen molar-refractivity contribution in [3.8, 4) is 0 Å².